The van der Waals surface area contributed by atoms with E-state index in [4.69, 9.17) is 9.15 Å². The first-order chi connectivity index (χ1) is 14.6. The second-order valence-electron chi connectivity index (χ2n) is 6.93. The minimum absolute atomic E-state index is 0.119. The summed E-state index contributed by atoms with van der Waals surface area (Å²) in [4.78, 5) is 13.6. The van der Waals surface area contributed by atoms with Crippen molar-refractivity contribution in [3.05, 3.63) is 51.7 Å². The number of aromatic nitrogens is 2. The summed E-state index contributed by atoms with van der Waals surface area (Å²) in [5.74, 6) is 0.991. The van der Waals surface area contributed by atoms with Crippen molar-refractivity contribution in [2.75, 3.05) is 11.1 Å². The Morgan fingerprint density at radius 2 is 2.23 bits per heavy atom. The van der Waals surface area contributed by atoms with Crippen LogP contribution in [0.25, 0.3) is 0 Å². The number of ether oxygens (including phenoxy) is 1. The summed E-state index contributed by atoms with van der Waals surface area (Å²) < 4.78 is 11.2. The lowest BCUT2D eigenvalue weighted by Gasteiger charge is -2.09. The van der Waals surface area contributed by atoms with Crippen molar-refractivity contribution in [1.82, 2.24) is 10.2 Å². The molecule has 0 spiro atoms. The average molecular weight is 441 g/mol. The number of benzene rings is 1. The van der Waals surface area contributed by atoms with Crippen molar-refractivity contribution >= 4 is 34.0 Å². The van der Waals surface area contributed by atoms with Gasteiger partial charge in [-0.05, 0) is 55.9 Å². The molecule has 7 nitrogen and oxygen atoms in total. The summed E-state index contributed by atoms with van der Waals surface area (Å²) in [6.07, 6.45) is 4.12. The van der Waals surface area contributed by atoms with Crippen LogP contribution in [-0.2, 0) is 24.2 Å². The Hall–Kier alpha value is -2.83. The Morgan fingerprint density at radius 3 is 3.07 bits per heavy atom. The lowest BCUT2D eigenvalue weighted by Crippen LogP contribution is -2.14. The molecule has 154 valence electrons. The Labute approximate surface area is 182 Å². The monoisotopic (exact) mass is 440 g/mol. The van der Waals surface area contributed by atoms with Gasteiger partial charge in [0.2, 0.25) is 5.91 Å². The molecule has 0 atom stereocenters. The van der Waals surface area contributed by atoms with E-state index in [-0.39, 0.29) is 18.3 Å². The zero-order chi connectivity index (χ0) is 20.9. The number of hydrogen-bond acceptors (Lipinski definition) is 8. The van der Waals surface area contributed by atoms with E-state index in [0.29, 0.717) is 21.7 Å². The van der Waals surface area contributed by atoms with E-state index in [9.17, 15) is 10.1 Å². The summed E-state index contributed by atoms with van der Waals surface area (Å²) in [7, 11) is 0. The van der Waals surface area contributed by atoms with Gasteiger partial charge in [-0.1, -0.05) is 23.9 Å². The molecule has 0 saturated heterocycles. The maximum Gasteiger partial charge on any atom is 0.277 e. The van der Waals surface area contributed by atoms with E-state index in [1.54, 1.807) is 0 Å². The van der Waals surface area contributed by atoms with E-state index in [1.165, 1.54) is 16.2 Å². The third kappa shape index (κ3) is 4.83. The molecule has 1 aliphatic rings. The van der Waals surface area contributed by atoms with E-state index in [0.717, 1.165) is 54.3 Å². The number of thioether (sulfide) groups is 1. The number of carbonyl (C=O) groups is 1. The second-order valence-corrected chi connectivity index (χ2v) is 8.96. The molecular weight excluding hydrogens is 420 g/mol. The molecule has 0 fully saturated rings. The highest BCUT2D eigenvalue weighted by Crippen LogP contribution is 2.37. The normalized spacial score (nSPS) is 12.8. The standard InChI is InChI=1S/C21H20N4O3S2/c1-13-5-4-6-14(9-13)27-11-19-24-25-21(28-19)29-12-18(26)23-20-16(10-22)15-7-2-3-8-17(15)30-20/h4-6,9H,2-3,7-8,11-12H2,1H3,(H,23,26). The lowest BCUT2D eigenvalue weighted by atomic mass is 9.96. The first-order valence-corrected chi connectivity index (χ1v) is 11.4. The SMILES string of the molecule is Cc1cccc(OCc2nnc(SCC(=O)Nc3sc4c(c3C#N)CCCC4)o2)c1. The summed E-state index contributed by atoms with van der Waals surface area (Å²) in [6.45, 7) is 2.15. The van der Waals surface area contributed by atoms with E-state index in [1.807, 2.05) is 31.2 Å². The first kappa shape index (κ1) is 20.4. The lowest BCUT2D eigenvalue weighted by molar-refractivity contribution is -0.113. The molecule has 4 rings (SSSR count). The molecule has 0 radical (unpaired) electrons. The van der Waals surface area contributed by atoms with Gasteiger partial charge in [0.25, 0.3) is 11.1 Å². The van der Waals surface area contributed by atoms with Crippen LogP contribution >= 0.6 is 23.1 Å². The number of amides is 1. The van der Waals surface area contributed by atoms with Gasteiger partial charge in [-0.25, -0.2) is 0 Å². The maximum atomic E-state index is 12.4. The maximum absolute atomic E-state index is 12.4. The van der Waals surface area contributed by atoms with Crippen LogP contribution in [0.5, 0.6) is 5.75 Å². The van der Waals surface area contributed by atoms with Gasteiger partial charge in [0.1, 0.15) is 16.8 Å². The van der Waals surface area contributed by atoms with Gasteiger partial charge < -0.3 is 14.5 Å². The Kier molecular flexibility index (Phi) is 6.35. The minimum Gasteiger partial charge on any atom is -0.484 e. The van der Waals surface area contributed by atoms with Crippen molar-refractivity contribution in [2.45, 2.75) is 44.4 Å². The highest BCUT2D eigenvalue weighted by atomic mass is 32.2. The topological polar surface area (TPSA) is 101 Å². The molecule has 1 N–H and O–H groups in total. The van der Waals surface area contributed by atoms with Crippen LogP contribution in [0.15, 0.2) is 33.9 Å². The van der Waals surface area contributed by atoms with Gasteiger partial charge in [-0.3, -0.25) is 4.79 Å². The number of anilines is 1. The van der Waals surface area contributed by atoms with E-state index in [2.05, 4.69) is 21.6 Å². The number of nitriles is 1. The molecule has 30 heavy (non-hydrogen) atoms. The molecular formula is C21H20N4O3S2. The summed E-state index contributed by atoms with van der Waals surface area (Å²) in [5.41, 5.74) is 2.82. The number of thiophene rings is 1. The summed E-state index contributed by atoms with van der Waals surface area (Å²) in [6, 6.07) is 9.95. The second kappa shape index (κ2) is 9.32. The predicted octanol–water partition coefficient (Wildman–Crippen LogP) is 4.50. The quantitative estimate of drug-likeness (QED) is 0.540. The zero-order valence-electron chi connectivity index (χ0n) is 16.4. The fraction of sp³-hybridized carbons (Fsp3) is 0.333. The van der Waals surface area contributed by atoms with Crippen molar-refractivity contribution in [3.63, 3.8) is 0 Å². The van der Waals surface area contributed by atoms with Crippen LogP contribution < -0.4 is 10.1 Å². The first-order valence-electron chi connectivity index (χ1n) is 9.61. The Balaban J connectivity index is 1.30. The number of nitrogens with zero attached hydrogens (tertiary/aromatic N) is 3. The molecule has 9 heteroatoms. The van der Waals surface area contributed by atoms with Crippen LogP contribution in [0.3, 0.4) is 0 Å². The molecule has 2 aromatic heterocycles. The van der Waals surface area contributed by atoms with Crippen LogP contribution in [0.2, 0.25) is 0 Å². The fourth-order valence-corrected chi connectivity index (χ4v) is 5.10. The number of carbonyl (C=O) groups excluding carboxylic acids is 1. The highest BCUT2D eigenvalue weighted by molar-refractivity contribution is 7.99. The summed E-state index contributed by atoms with van der Waals surface area (Å²) >= 11 is 2.67. The van der Waals surface area contributed by atoms with Gasteiger partial charge >= 0.3 is 0 Å². The molecule has 3 aromatic rings. The smallest absolute Gasteiger partial charge is 0.277 e. The zero-order valence-corrected chi connectivity index (χ0v) is 18.1. The van der Waals surface area contributed by atoms with Gasteiger partial charge in [0.05, 0.1) is 11.3 Å². The molecule has 0 saturated carbocycles. The van der Waals surface area contributed by atoms with Crippen LogP contribution in [0.1, 0.15) is 40.3 Å². The number of hydrogen-bond donors (Lipinski definition) is 1. The number of rotatable bonds is 7. The molecule has 1 aromatic carbocycles. The highest BCUT2D eigenvalue weighted by Gasteiger charge is 2.22. The third-order valence-electron chi connectivity index (χ3n) is 4.66. The number of nitrogens with one attached hydrogen (secondary N) is 1. The van der Waals surface area contributed by atoms with Crippen LogP contribution in [-0.4, -0.2) is 21.9 Å². The van der Waals surface area contributed by atoms with E-state index >= 15 is 0 Å². The molecule has 0 aliphatic heterocycles. The van der Waals surface area contributed by atoms with Crippen LogP contribution in [0.4, 0.5) is 5.00 Å². The van der Waals surface area contributed by atoms with Crippen molar-refractivity contribution in [1.29, 1.82) is 5.26 Å². The van der Waals surface area contributed by atoms with Gasteiger partial charge in [0, 0.05) is 4.88 Å². The largest absolute Gasteiger partial charge is 0.484 e. The molecule has 0 bridgehead atoms. The van der Waals surface area contributed by atoms with E-state index < -0.39 is 0 Å². The van der Waals surface area contributed by atoms with Crippen LogP contribution in [0, 0.1) is 18.3 Å². The van der Waals surface area contributed by atoms with Crippen molar-refractivity contribution in [3.8, 4) is 11.8 Å². The fourth-order valence-electron chi connectivity index (χ4n) is 3.27. The van der Waals surface area contributed by atoms with Crippen molar-refractivity contribution < 1.29 is 13.9 Å². The molecule has 2 heterocycles. The van der Waals surface area contributed by atoms with Gasteiger partial charge in [-0.15, -0.1) is 21.5 Å². The molecule has 1 amide bonds. The Morgan fingerprint density at radius 1 is 1.37 bits per heavy atom. The number of fused-ring (bicyclic) bond motifs is 1. The summed E-state index contributed by atoms with van der Waals surface area (Å²) in [5, 5.41) is 21.2. The van der Waals surface area contributed by atoms with Crippen molar-refractivity contribution in [2.24, 2.45) is 0 Å². The number of aryl methyl sites for hydroxylation is 2. The predicted molar refractivity (Wildman–Crippen MR) is 115 cm³/mol. The average Bonchev–Trinajstić information content (AvgIpc) is 3.34. The van der Waals surface area contributed by atoms with Gasteiger partial charge in [-0.2, -0.15) is 5.26 Å². The third-order valence-corrected chi connectivity index (χ3v) is 6.69. The Bertz CT molecular complexity index is 1100. The molecule has 1 aliphatic carbocycles. The van der Waals surface area contributed by atoms with Gasteiger partial charge in [0.15, 0.2) is 6.61 Å². The minimum atomic E-state index is -0.203. The molecule has 0 unspecified atom stereocenters.